The third-order valence-corrected chi connectivity index (χ3v) is 5.60. The number of ether oxygens (including phenoxy) is 1. The van der Waals surface area contributed by atoms with Crippen LogP contribution in [0.2, 0.25) is 0 Å². The number of methoxy groups -OCH3 is 1. The van der Waals surface area contributed by atoms with Crippen molar-refractivity contribution >= 4 is 5.91 Å². The Hall–Kier alpha value is -1.69. The maximum atomic E-state index is 13.2. The number of hydrogen-bond acceptors (Lipinski definition) is 3. The number of benzene rings is 1. The minimum absolute atomic E-state index is 0.0302. The third kappa shape index (κ3) is 4.93. The molecule has 1 amide bonds. The van der Waals surface area contributed by atoms with Gasteiger partial charge in [-0.05, 0) is 43.7 Å². The van der Waals surface area contributed by atoms with Gasteiger partial charge in [-0.15, -0.1) is 0 Å². The van der Waals surface area contributed by atoms with Gasteiger partial charge < -0.3 is 15.4 Å². The number of rotatable bonds is 7. The van der Waals surface area contributed by atoms with Crippen LogP contribution in [0.4, 0.5) is 8.78 Å². The van der Waals surface area contributed by atoms with Crippen molar-refractivity contribution in [1.29, 1.82) is 0 Å². The molecule has 1 aromatic carbocycles. The molecule has 2 fully saturated rings. The van der Waals surface area contributed by atoms with Crippen LogP contribution in [-0.2, 0) is 11.2 Å². The zero-order valence-corrected chi connectivity index (χ0v) is 15.3. The second-order valence-electron chi connectivity index (χ2n) is 7.47. The van der Waals surface area contributed by atoms with Crippen LogP contribution in [0.25, 0.3) is 0 Å². The zero-order valence-electron chi connectivity index (χ0n) is 15.3. The molecular weight excluding hydrogens is 338 g/mol. The molecule has 0 aromatic heterocycles. The predicted octanol–water partition coefficient (Wildman–Crippen LogP) is 3.44. The highest BCUT2D eigenvalue weighted by atomic mass is 19.3. The summed E-state index contributed by atoms with van der Waals surface area (Å²) in [5.74, 6) is -1.66. The van der Waals surface area contributed by atoms with Gasteiger partial charge >= 0.3 is 0 Å². The Kier molecular flexibility index (Phi) is 6.12. The SMILES string of the molecule is COc1ccccc1CCC(=O)N[C@H]1CC[C@H]1NC1CCC(F)(F)CC1. The molecule has 2 N–H and O–H groups in total. The Morgan fingerprint density at radius 2 is 1.85 bits per heavy atom. The molecule has 1 aromatic rings. The topological polar surface area (TPSA) is 50.4 Å². The monoisotopic (exact) mass is 366 g/mol. The summed E-state index contributed by atoms with van der Waals surface area (Å²) in [4.78, 5) is 12.3. The first-order chi connectivity index (χ1) is 12.5. The summed E-state index contributed by atoms with van der Waals surface area (Å²) in [6.07, 6.45) is 3.94. The van der Waals surface area contributed by atoms with E-state index in [9.17, 15) is 13.6 Å². The van der Waals surface area contributed by atoms with E-state index in [-0.39, 0.29) is 36.9 Å². The van der Waals surface area contributed by atoms with E-state index in [0.29, 0.717) is 25.7 Å². The van der Waals surface area contributed by atoms with E-state index >= 15 is 0 Å². The number of alkyl halides is 2. The van der Waals surface area contributed by atoms with Gasteiger partial charge in [-0.2, -0.15) is 0 Å². The maximum absolute atomic E-state index is 13.2. The van der Waals surface area contributed by atoms with Crippen molar-refractivity contribution in [1.82, 2.24) is 10.6 Å². The largest absolute Gasteiger partial charge is 0.496 e. The molecule has 0 saturated heterocycles. The Bertz CT molecular complexity index is 614. The molecule has 0 bridgehead atoms. The molecule has 0 spiro atoms. The smallest absolute Gasteiger partial charge is 0.248 e. The second kappa shape index (κ2) is 8.33. The fourth-order valence-electron chi connectivity index (χ4n) is 3.82. The van der Waals surface area contributed by atoms with Crippen LogP contribution in [0.15, 0.2) is 24.3 Å². The summed E-state index contributed by atoms with van der Waals surface area (Å²) in [5.41, 5.74) is 1.02. The minimum atomic E-state index is -2.50. The van der Waals surface area contributed by atoms with Gasteiger partial charge in [0.05, 0.1) is 7.11 Å². The molecule has 2 aliphatic carbocycles. The predicted molar refractivity (Wildman–Crippen MR) is 96.6 cm³/mol. The highest BCUT2D eigenvalue weighted by molar-refractivity contribution is 5.76. The van der Waals surface area contributed by atoms with Crippen LogP contribution >= 0.6 is 0 Å². The first-order valence-corrected chi connectivity index (χ1v) is 9.52. The highest BCUT2D eigenvalue weighted by Gasteiger charge is 2.38. The lowest BCUT2D eigenvalue weighted by Crippen LogP contribution is -2.59. The normalized spacial score (nSPS) is 25.3. The van der Waals surface area contributed by atoms with Gasteiger partial charge in [-0.1, -0.05) is 18.2 Å². The van der Waals surface area contributed by atoms with E-state index in [2.05, 4.69) is 10.6 Å². The summed E-state index contributed by atoms with van der Waals surface area (Å²) in [6, 6.07) is 8.19. The van der Waals surface area contributed by atoms with Gasteiger partial charge in [-0.3, -0.25) is 4.79 Å². The molecule has 2 atom stereocenters. The molecule has 3 rings (SSSR count). The number of halogens is 2. The van der Waals surface area contributed by atoms with Gasteiger partial charge in [-0.25, -0.2) is 8.78 Å². The second-order valence-corrected chi connectivity index (χ2v) is 7.47. The molecular formula is C20H28F2N2O2. The van der Waals surface area contributed by atoms with Crippen molar-refractivity contribution in [3.05, 3.63) is 29.8 Å². The van der Waals surface area contributed by atoms with Gasteiger partial charge in [0.1, 0.15) is 5.75 Å². The number of nitrogens with one attached hydrogen (secondary N) is 2. The number of carbonyl (C=O) groups is 1. The van der Waals surface area contributed by atoms with Crippen LogP contribution < -0.4 is 15.4 Å². The average molecular weight is 366 g/mol. The van der Waals surface area contributed by atoms with E-state index in [1.807, 2.05) is 24.3 Å². The van der Waals surface area contributed by atoms with Crippen LogP contribution in [0.3, 0.4) is 0 Å². The molecule has 2 saturated carbocycles. The number of aryl methyl sites for hydroxylation is 1. The van der Waals surface area contributed by atoms with E-state index in [0.717, 1.165) is 24.2 Å². The van der Waals surface area contributed by atoms with Crippen molar-refractivity contribution in [2.45, 2.75) is 75.4 Å². The lowest BCUT2D eigenvalue weighted by molar-refractivity contribution is -0.122. The molecule has 0 unspecified atom stereocenters. The van der Waals surface area contributed by atoms with Crippen LogP contribution in [0.5, 0.6) is 5.75 Å². The molecule has 0 heterocycles. The first kappa shape index (κ1) is 19.1. The highest BCUT2D eigenvalue weighted by Crippen LogP contribution is 2.34. The molecule has 2 aliphatic rings. The van der Waals surface area contributed by atoms with Crippen molar-refractivity contribution in [3.63, 3.8) is 0 Å². The summed E-state index contributed by atoms with van der Waals surface area (Å²) >= 11 is 0. The summed E-state index contributed by atoms with van der Waals surface area (Å²) in [7, 11) is 1.63. The minimum Gasteiger partial charge on any atom is -0.496 e. The maximum Gasteiger partial charge on any atom is 0.248 e. The molecule has 0 aliphatic heterocycles. The number of carbonyl (C=O) groups excluding carboxylic acids is 1. The van der Waals surface area contributed by atoms with Crippen LogP contribution in [0.1, 0.15) is 50.5 Å². The standard InChI is InChI=1S/C20H28F2N2O2/c1-26-18-5-3-2-4-14(18)6-9-19(25)24-17-8-7-16(17)23-15-10-12-20(21,22)13-11-15/h2-5,15-17,23H,6-13H2,1H3,(H,24,25)/t16-,17+/m1/s1. The lowest BCUT2D eigenvalue weighted by Gasteiger charge is -2.41. The fraction of sp³-hybridized carbons (Fsp3) is 0.650. The Labute approximate surface area is 153 Å². The zero-order chi connectivity index (χ0) is 18.6. The van der Waals surface area contributed by atoms with Crippen LogP contribution in [-0.4, -0.2) is 37.1 Å². The number of hydrogen-bond donors (Lipinski definition) is 2. The quantitative estimate of drug-likeness (QED) is 0.777. The van der Waals surface area contributed by atoms with E-state index in [4.69, 9.17) is 4.74 Å². The van der Waals surface area contributed by atoms with Crippen molar-refractivity contribution < 1.29 is 18.3 Å². The van der Waals surface area contributed by atoms with Crippen molar-refractivity contribution in [3.8, 4) is 5.75 Å². The fourth-order valence-corrected chi connectivity index (χ4v) is 3.82. The van der Waals surface area contributed by atoms with Crippen LogP contribution in [0, 0.1) is 0 Å². The third-order valence-electron chi connectivity index (χ3n) is 5.60. The number of para-hydroxylation sites is 1. The number of amides is 1. The van der Waals surface area contributed by atoms with Gasteiger partial charge in [0.25, 0.3) is 0 Å². The van der Waals surface area contributed by atoms with E-state index in [1.54, 1.807) is 7.11 Å². The van der Waals surface area contributed by atoms with Gasteiger partial charge in [0, 0.05) is 37.4 Å². The molecule has 6 heteroatoms. The summed E-state index contributed by atoms with van der Waals surface area (Å²) < 4.78 is 31.8. The van der Waals surface area contributed by atoms with Crippen molar-refractivity contribution in [2.75, 3.05) is 7.11 Å². The van der Waals surface area contributed by atoms with Gasteiger partial charge in [0.15, 0.2) is 0 Å². The van der Waals surface area contributed by atoms with E-state index < -0.39 is 5.92 Å². The average Bonchev–Trinajstić information content (AvgIpc) is 2.62. The van der Waals surface area contributed by atoms with Gasteiger partial charge in [0.2, 0.25) is 11.8 Å². The Balaban J connectivity index is 1.40. The Morgan fingerprint density at radius 3 is 2.50 bits per heavy atom. The van der Waals surface area contributed by atoms with Crippen molar-refractivity contribution in [2.24, 2.45) is 0 Å². The summed E-state index contributed by atoms with van der Waals surface area (Å²) in [5, 5.41) is 6.56. The Morgan fingerprint density at radius 1 is 1.15 bits per heavy atom. The molecule has 4 nitrogen and oxygen atoms in total. The molecule has 26 heavy (non-hydrogen) atoms. The lowest BCUT2D eigenvalue weighted by atomic mass is 9.83. The first-order valence-electron chi connectivity index (χ1n) is 9.52. The molecule has 0 radical (unpaired) electrons. The van der Waals surface area contributed by atoms with E-state index in [1.165, 1.54) is 0 Å². The molecule has 144 valence electrons. The summed E-state index contributed by atoms with van der Waals surface area (Å²) in [6.45, 7) is 0.